The molecule has 1 unspecified atom stereocenters. The second-order valence-electron chi connectivity index (χ2n) is 4.81. The summed E-state index contributed by atoms with van der Waals surface area (Å²) in [5, 5.41) is 4.03. The van der Waals surface area contributed by atoms with Gasteiger partial charge >= 0.3 is 5.97 Å². The summed E-state index contributed by atoms with van der Waals surface area (Å²) >= 11 is 0. The number of aryl methyl sites for hydroxylation is 1. The van der Waals surface area contributed by atoms with E-state index >= 15 is 0 Å². The van der Waals surface area contributed by atoms with Crippen LogP contribution in [0.15, 0.2) is 11.0 Å². The highest BCUT2D eigenvalue weighted by Crippen LogP contribution is 2.08. The first kappa shape index (κ1) is 15.7. The maximum Gasteiger partial charge on any atom is 0.344 e. The van der Waals surface area contributed by atoms with Crippen LogP contribution in [0.5, 0.6) is 0 Å². The summed E-state index contributed by atoms with van der Waals surface area (Å²) in [4.78, 5) is 24.1. The third-order valence-corrected chi connectivity index (χ3v) is 3.26. The summed E-state index contributed by atoms with van der Waals surface area (Å²) in [6.45, 7) is 5.53. The molecule has 0 radical (unpaired) electrons. The molecule has 0 amide bonds. The third-order valence-electron chi connectivity index (χ3n) is 3.26. The van der Waals surface area contributed by atoms with Crippen molar-refractivity contribution < 1.29 is 19.0 Å². The topological polar surface area (TPSA) is 79.7 Å². The molecular weight excluding hydrogens is 276 g/mol. The lowest BCUT2D eigenvalue weighted by atomic mass is 10.2. The van der Waals surface area contributed by atoms with E-state index in [0.29, 0.717) is 31.9 Å². The van der Waals surface area contributed by atoms with E-state index in [4.69, 9.17) is 14.2 Å². The Balaban J connectivity index is 2.04. The molecule has 0 aromatic carbocycles. The van der Waals surface area contributed by atoms with Crippen LogP contribution in [0.2, 0.25) is 0 Å². The first-order chi connectivity index (χ1) is 10.1. The van der Waals surface area contributed by atoms with E-state index in [-0.39, 0.29) is 18.3 Å². The molecule has 0 spiro atoms. The first-order valence-corrected chi connectivity index (χ1v) is 7.06. The summed E-state index contributed by atoms with van der Waals surface area (Å²) in [5.74, 6) is -0.610. The molecular formula is C14H20N2O5. The van der Waals surface area contributed by atoms with E-state index in [9.17, 15) is 9.59 Å². The summed E-state index contributed by atoms with van der Waals surface area (Å²) in [6, 6.07) is 0. The molecule has 0 N–H and O–H groups in total. The normalized spacial score (nSPS) is 17.9. The van der Waals surface area contributed by atoms with Crippen LogP contribution < -0.4 is 5.56 Å². The molecule has 1 aliphatic rings. The van der Waals surface area contributed by atoms with Gasteiger partial charge in [0.15, 0.2) is 0 Å². The van der Waals surface area contributed by atoms with Crippen molar-refractivity contribution in [2.45, 2.75) is 32.9 Å². The van der Waals surface area contributed by atoms with Crippen LogP contribution in [0, 0.1) is 6.92 Å². The Bertz CT molecular complexity index is 549. The molecule has 7 nitrogen and oxygen atoms in total. The van der Waals surface area contributed by atoms with Crippen molar-refractivity contribution in [2.24, 2.45) is 0 Å². The highest BCUT2D eigenvalue weighted by molar-refractivity contribution is 5.90. The van der Waals surface area contributed by atoms with Gasteiger partial charge in [-0.3, -0.25) is 4.79 Å². The highest BCUT2D eigenvalue weighted by atomic mass is 16.5. The fourth-order valence-corrected chi connectivity index (χ4v) is 2.13. The van der Waals surface area contributed by atoms with Crippen LogP contribution >= 0.6 is 0 Å². The van der Waals surface area contributed by atoms with E-state index in [1.807, 2.05) is 0 Å². The molecule has 2 rings (SSSR count). The molecule has 1 aliphatic heterocycles. The number of hydrogen-bond acceptors (Lipinski definition) is 6. The van der Waals surface area contributed by atoms with Crippen molar-refractivity contribution in [3.8, 4) is 0 Å². The quantitative estimate of drug-likeness (QED) is 0.713. The average molecular weight is 296 g/mol. The van der Waals surface area contributed by atoms with Crippen molar-refractivity contribution in [3.63, 3.8) is 0 Å². The van der Waals surface area contributed by atoms with Gasteiger partial charge in [-0.1, -0.05) is 0 Å². The molecule has 0 saturated carbocycles. The monoisotopic (exact) mass is 296 g/mol. The predicted molar refractivity (Wildman–Crippen MR) is 74.4 cm³/mol. The molecule has 7 heteroatoms. The van der Waals surface area contributed by atoms with Crippen LogP contribution in [-0.4, -0.2) is 48.3 Å². The van der Waals surface area contributed by atoms with E-state index < -0.39 is 11.5 Å². The fraction of sp³-hybridized carbons (Fsp3) is 0.643. The Labute approximate surface area is 122 Å². The fourth-order valence-electron chi connectivity index (χ4n) is 2.13. The molecule has 1 fully saturated rings. The molecule has 1 aromatic heterocycles. The minimum atomic E-state index is -0.610. The number of carbonyl (C=O) groups excluding carboxylic acids is 1. The zero-order chi connectivity index (χ0) is 15.2. The van der Waals surface area contributed by atoms with Gasteiger partial charge in [-0.25, -0.2) is 9.48 Å². The SMILES string of the molecule is CCOC(=O)c1c(C)cnn(CCOC2CCOC2)c1=O. The molecule has 2 heterocycles. The van der Waals surface area contributed by atoms with Crippen LogP contribution in [-0.2, 0) is 20.8 Å². The van der Waals surface area contributed by atoms with Gasteiger partial charge < -0.3 is 14.2 Å². The predicted octanol–water partition coefficient (Wildman–Crippen LogP) is 0.534. The molecule has 0 aliphatic carbocycles. The number of rotatable bonds is 6. The first-order valence-electron chi connectivity index (χ1n) is 7.06. The Morgan fingerprint density at radius 1 is 1.57 bits per heavy atom. The van der Waals surface area contributed by atoms with E-state index in [1.54, 1.807) is 13.8 Å². The Morgan fingerprint density at radius 3 is 3.05 bits per heavy atom. The smallest absolute Gasteiger partial charge is 0.344 e. The number of hydrogen-bond donors (Lipinski definition) is 0. The van der Waals surface area contributed by atoms with Gasteiger partial charge in [0.05, 0.1) is 38.7 Å². The molecule has 1 saturated heterocycles. The van der Waals surface area contributed by atoms with E-state index in [1.165, 1.54) is 10.9 Å². The Morgan fingerprint density at radius 2 is 2.38 bits per heavy atom. The second-order valence-corrected chi connectivity index (χ2v) is 4.81. The zero-order valence-electron chi connectivity index (χ0n) is 12.3. The third kappa shape index (κ3) is 3.89. The highest BCUT2D eigenvalue weighted by Gasteiger charge is 2.19. The average Bonchev–Trinajstić information content (AvgIpc) is 2.95. The zero-order valence-corrected chi connectivity index (χ0v) is 12.3. The summed E-state index contributed by atoms with van der Waals surface area (Å²) < 4.78 is 16.9. The number of esters is 1. The van der Waals surface area contributed by atoms with Gasteiger partial charge in [0.25, 0.3) is 5.56 Å². The minimum absolute atomic E-state index is 0.0380. The number of carbonyl (C=O) groups is 1. The lowest BCUT2D eigenvalue weighted by Crippen LogP contribution is -2.32. The van der Waals surface area contributed by atoms with Crippen LogP contribution in [0.4, 0.5) is 0 Å². The Hall–Kier alpha value is -1.73. The molecule has 21 heavy (non-hydrogen) atoms. The molecule has 116 valence electrons. The van der Waals surface area contributed by atoms with Gasteiger partial charge in [-0.2, -0.15) is 5.10 Å². The van der Waals surface area contributed by atoms with Crippen molar-refractivity contribution in [2.75, 3.05) is 26.4 Å². The lowest BCUT2D eigenvalue weighted by Gasteiger charge is -2.11. The summed E-state index contributed by atoms with van der Waals surface area (Å²) in [6.07, 6.45) is 2.44. The largest absolute Gasteiger partial charge is 0.462 e. The van der Waals surface area contributed by atoms with Gasteiger partial charge in [0, 0.05) is 6.61 Å². The van der Waals surface area contributed by atoms with Gasteiger partial charge in [-0.05, 0) is 25.8 Å². The van der Waals surface area contributed by atoms with Crippen molar-refractivity contribution in [3.05, 3.63) is 27.7 Å². The van der Waals surface area contributed by atoms with Gasteiger partial charge in [0.2, 0.25) is 0 Å². The maximum atomic E-state index is 12.3. The minimum Gasteiger partial charge on any atom is -0.462 e. The van der Waals surface area contributed by atoms with E-state index in [0.717, 1.165) is 6.42 Å². The van der Waals surface area contributed by atoms with Crippen LogP contribution in [0.3, 0.4) is 0 Å². The van der Waals surface area contributed by atoms with Crippen molar-refractivity contribution >= 4 is 5.97 Å². The standard InChI is InChI=1S/C14H20N2O5/c1-3-20-14(18)12-10(2)8-15-16(13(12)17)5-7-21-11-4-6-19-9-11/h8,11H,3-7,9H2,1-2H3. The maximum absolute atomic E-state index is 12.3. The number of ether oxygens (including phenoxy) is 3. The van der Waals surface area contributed by atoms with Crippen molar-refractivity contribution in [1.29, 1.82) is 0 Å². The van der Waals surface area contributed by atoms with Crippen molar-refractivity contribution in [1.82, 2.24) is 9.78 Å². The van der Waals surface area contributed by atoms with Crippen LogP contribution in [0.1, 0.15) is 29.3 Å². The number of nitrogens with zero attached hydrogens (tertiary/aromatic N) is 2. The molecule has 1 aromatic rings. The Kier molecular flexibility index (Phi) is 5.46. The molecule has 0 bridgehead atoms. The second kappa shape index (κ2) is 7.33. The van der Waals surface area contributed by atoms with Gasteiger partial charge in [-0.15, -0.1) is 0 Å². The number of aromatic nitrogens is 2. The summed E-state index contributed by atoms with van der Waals surface area (Å²) in [5.41, 5.74) is 0.107. The van der Waals surface area contributed by atoms with Gasteiger partial charge in [0.1, 0.15) is 5.56 Å². The summed E-state index contributed by atoms with van der Waals surface area (Å²) in [7, 11) is 0. The van der Waals surface area contributed by atoms with Crippen LogP contribution in [0.25, 0.3) is 0 Å². The lowest BCUT2D eigenvalue weighted by molar-refractivity contribution is 0.0363. The van der Waals surface area contributed by atoms with E-state index in [2.05, 4.69) is 5.10 Å². The molecule has 1 atom stereocenters.